The zero-order valence-electron chi connectivity index (χ0n) is 12.7. The Balaban J connectivity index is 1.99. The van der Waals surface area contributed by atoms with Crippen LogP contribution in [0.1, 0.15) is 18.2 Å². The van der Waals surface area contributed by atoms with Crippen molar-refractivity contribution < 1.29 is 9.90 Å². The molecule has 0 bridgehead atoms. The van der Waals surface area contributed by atoms with Crippen molar-refractivity contribution in [2.24, 2.45) is 10.2 Å². The molecule has 0 amide bonds. The van der Waals surface area contributed by atoms with Crippen molar-refractivity contribution in [3.63, 3.8) is 0 Å². The maximum Gasteiger partial charge on any atom is 0.309 e. The van der Waals surface area contributed by atoms with Gasteiger partial charge < -0.3 is 5.11 Å². The number of carboxylic acids is 1. The molecular formula is C17H16N4O2. The molecule has 6 heteroatoms. The standard InChI is InChI=1S/C17H16N4O2/c1-2-12-6-8-13(9-7-12)19-20-17-14(11-16(22)23)18-15-5-3-4-10-21(15)17/h3-10H,2,11H2,1H3,(H,22,23). The van der Waals surface area contributed by atoms with E-state index in [-0.39, 0.29) is 6.42 Å². The lowest BCUT2D eigenvalue weighted by Crippen LogP contribution is -2.00. The van der Waals surface area contributed by atoms with Crippen molar-refractivity contribution in [3.8, 4) is 0 Å². The smallest absolute Gasteiger partial charge is 0.309 e. The summed E-state index contributed by atoms with van der Waals surface area (Å²) in [6.07, 6.45) is 2.57. The van der Waals surface area contributed by atoms with E-state index < -0.39 is 5.97 Å². The van der Waals surface area contributed by atoms with Crippen molar-refractivity contribution in [2.45, 2.75) is 19.8 Å². The fraction of sp³-hybridized carbons (Fsp3) is 0.176. The lowest BCUT2D eigenvalue weighted by atomic mass is 10.2. The normalized spacial score (nSPS) is 11.3. The Morgan fingerprint density at radius 1 is 1.17 bits per heavy atom. The van der Waals surface area contributed by atoms with Crippen LogP contribution >= 0.6 is 0 Å². The zero-order chi connectivity index (χ0) is 16.2. The van der Waals surface area contributed by atoms with Gasteiger partial charge in [0.05, 0.1) is 17.8 Å². The number of hydrogen-bond donors (Lipinski definition) is 1. The van der Waals surface area contributed by atoms with Gasteiger partial charge in [-0.3, -0.25) is 9.20 Å². The number of hydrogen-bond acceptors (Lipinski definition) is 4. The van der Waals surface area contributed by atoms with Crippen LogP contribution in [0, 0.1) is 0 Å². The quantitative estimate of drug-likeness (QED) is 0.725. The molecule has 0 aliphatic carbocycles. The number of nitrogens with zero attached hydrogens (tertiary/aromatic N) is 4. The molecule has 0 radical (unpaired) electrons. The maximum atomic E-state index is 11.0. The minimum atomic E-state index is -0.947. The average Bonchev–Trinajstić information content (AvgIpc) is 2.90. The molecule has 2 heterocycles. The second kappa shape index (κ2) is 6.39. The molecular weight excluding hydrogens is 292 g/mol. The van der Waals surface area contributed by atoms with Crippen LogP contribution in [0.25, 0.3) is 5.65 Å². The molecule has 0 saturated heterocycles. The molecule has 3 rings (SSSR count). The van der Waals surface area contributed by atoms with E-state index in [1.807, 2.05) is 36.4 Å². The highest BCUT2D eigenvalue weighted by molar-refractivity contribution is 5.72. The van der Waals surface area contributed by atoms with Crippen molar-refractivity contribution in [1.29, 1.82) is 0 Å². The lowest BCUT2D eigenvalue weighted by Gasteiger charge is -1.98. The number of rotatable bonds is 5. The number of pyridine rings is 1. The third kappa shape index (κ3) is 3.26. The van der Waals surface area contributed by atoms with Gasteiger partial charge in [0.25, 0.3) is 0 Å². The fourth-order valence-corrected chi connectivity index (χ4v) is 2.30. The molecule has 0 spiro atoms. The Labute approximate surface area is 133 Å². The van der Waals surface area contributed by atoms with Gasteiger partial charge in [-0.15, -0.1) is 10.2 Å². The monoisotopic (exact) mass is 308 g/mol. The molecule has 0 fully saturated rings. The first-order valence-electron chi connectivity index (χ1n) is 7.36. The molecule has 2 aromatic heterocycles. The molecule has 1 N–H and O–H groups in total. The number of benzene rings is 1. The van der Waals surface area contributed by atoms with E-state index >= 15 is 0 Å². The molecule has 0 atom stereocenters. The Morgan fingerprint density at radius 3 is 2.65 bits per heavy atom. The van der Waals surface area contributed by atoms with Crippen molar-refractivity contribution in [3.05, 3.63) is 59.9 Å². The average molecular weight is 308 g/mol. The Bertz CT molecular complexity index is 866. The summed E-state index contributed by atoms with van der Waals surface area (Å²) in [5.74, 6) is -0.500. The largest absolute Gasteiger partial charge is 0.481 e. The molecule has 6 nitrogen and oxygen atoms in total. The highest BCUT2D eigenvalue weighted by Crippen LogP contribution is 2.24. The van der Waals surface area contributed by atoms with Gasteiger partial charge >= 0.3 is 5.97 Å². The first-order valence-corrected chi connectivity index (χ1v) is 7.36. The minimum absolute atomic E-state index is 0.190. The predicted molar refractivity (Wildman–Crippen MR) is 86.5 cm³/mol. The first-order chi connectivity index (χ1) is 11.2. The van der Waals surface area contributed by atoms with Crippen LogP contribution in [-0.4, -0.2) is 20.5 Å². The summed E-state index contributed by atoms with van der Waals surface area (Å²) in [5.41, 5.74) is 3.00. The van der Waals surface area contributed by atoms with Crippen LogP contribution in [0.2, 0.25) is 0 Å². The Kier molecular flexibility index (Phi) is 4.14. The predicted octanol–water partition coefficient (Wildman–Crippen LogP) is 3.94. The van der Waals surface area contributed by atoms with E-state index in [4.69, 9.17) is 5.11 Å². The summed E-state index contributed by atoms with van der Waals surface area (Å²) in [6.45, 7) is 2.09. The van der Waals surface area contributed by atoms with Gasteiger partial charge in [0, 0.05) is 6.20 Å². The van der Waals surface area contributed by atoms with Gasteiger partial charge in [-0.2, -0.15) is 0 Å². The topological polar surface area (TPSA) is 79.3 Å². The SMILES string of the molecule is CCc1ccc(N=Nc2c(CC(=O)O)nc3ccccn23)cc1. The van der Waals surface area contributed by atoms with E-state index in [0.717, 1.165) is 6.42 Å². The summed E-state index contributed by atoms with van der Waals surface area (Å²) >= 11 is 0. The van der Waals surface area contributed by atoms with E-state index in [1.54, 1.807) is 16.7 Å². The molecule has 3 aromatic rings. The van der Waals surface area contributed by atoms with Crippen LogP contribution < -0.4 is 0 Å². The number of azo groups is 1. The lowest BCUT2D eigenvalue weighted by molar-refractivity contribution is -0.136. The van der Waals surface area contributed by atoms with E-state index in [9.17, 15) is 4.79 Å². The number of aryl methyl sites for hydroxylation is 1. The summed E-state index contributed by atoms with van der Waals surface area (Å²) in [7, 11) is 0. The van der Waals surface area contributed by atoms with Gasteiger partial charge in [0.15, 0.2) is 5.82 Å². The number of carboxylic acid groups (broad SMARTS) is 1. The third-order valence-electron chi connectivity index (χ3n) is 3.50. The maximum absolute atomic E-state index is 11.0. The minimum Gasteiger partial charge on any atom is -0.481 e. The van der Waals surface area contributed by atoms with Gasteiger partial charge in [-0.1, -0.05) is 25.1 Å². The molecule has 0 aliphatic heterocycles. The zero-order valence-corrected chi connectivity index (χ0v) is 12.7. The molecule has 1 aromatic carbocycles. The number of aliphatic carboxylic acids is 1. The second-order valence-corrected chi connectivity index (χ2v) is 5.10. The van der Waals surface area contributed by atoms with Crippen LogP contribution in [0.4, 0.5) is 11.5 Å². The summed E-state index contributed by atoms with van der Waals surface area (Å²) < 4.78 is 1.74. The molecule has 0 saturated carbocycles. The van der Waals surface area contributed by atoms with Gasteiger partial charge in [0.2, 0.25) is 0 Å². The van der Waals surface area contributed by atoms with E-state index in [0.29, 0.717) is 22.8 Å². The molecule has 116 valence electrons. The van der Waals surface area contributed by atoms with E-state index in [2.05, 4.69) is 22.1 Å². The number of carbonyl (C=O) groups is 1. The second-order valence-electron chi connectivity index (χ2n) is 5.10. The summed E-state index contributed by atoms with van der Waals surface area (Å²) in [5, 5.41) is 17.5. The molecule has 0 unspecified atom stereocenters. The van der Waals surface area contributed by atoms with Gasteiger partial charge in [-0.05, 0) is 36.2 Å². The molecule has 23 heavy (non-hydrogen) atoms. The first kappa shape index (κ1) is 14.9. The molecule has 0 aliphatic rings. The number of aromatic nitrogens is 2. The van der Waals surface area contributed by atoms with Crippen molar-refractivity contribution in [2.75, 3.05) is 0 Å². The van der Waals surface area contributed by atoms with Gasteiger partial charge in [-0.25, -0.2) is 4.98 Å². The third-order valence-corrected chi connectivity index (χ3v) is 3.50. The van der Waals surface area contributed by atoms with Crippen molar-refractivity contribution >= 4 is 23.1 Å². The number of fused-ring (bicyclic) bond motifs is 1. The van der Waals surface area contributed by atoms with Gasteiger partial charge in [0.1, 0.15) is 5.65 Å². The van der Waals surface area contributed by atoms with Crippen LogP contribution in [-0.2, 0) is 17.6 Å². The summed E-state index contributed by atoms with van der Waals surface area (Å²) in [6, 6.07) is 13.3. The number of imidazole rings is 1. The van der Waals surface area contributed by atoms with Crippen LogP contribution in [0.15, 0.2) is 58.9 Å². The summed E-state index contributed by atoms with van der Waals surface area (Å²) in [4.78, 5) is 15.3. The fourth-order valence-electron chi connectivity index (χ4n) is 2.30. The van der Waals surface area contributed by atoms with Crippen LogP contribution in [0.3, 0.4) is 0 Å². The highest BCUT2D eigenvalue weighted by Gasteiger charge is 2.14. The van der Waals surface area contributed by atoms with Crippen molar-refractivity contribution in [1.82, 2.24) is 9.38 Å². The highest BCUT2D eigenvalue weighted by atomic mass is 16.4. The van der Waals surface area contributed by atoms with E-state index in [1.165, 1.54) is 5.56 Å². The Morgan fingerprint density at radius 2 is 1.96 bits per heavy atom. The van der Waals surface area contributed by atoms with Crippen LogP contribution in [0.5, 0.6) is 0 Å². The Hall–Kier alpha value is -3.02.